The first-order chi connectivity index (χ1) is 8.40. The highest BCUT2D eigenvalue weighted by Gasteiger charge is 2.00. The molecule has 0 spiro atoms. The highest BCUT2D eigenvalue weighted by molar-refractivity contribution is 5.73. The summed E-state index contributed by atoms with van der Waals surface area (Å²) >= 11 is 0. The van der Waals surface area contributed by atoms with Crippen LogP contribution in [0.4, 0.5) is 0 Å². The molecule has 0 aliphatic rings. The summed E-state index contributed by atoms with van der Waals surface area (Å²) < 4.78 is 5.60. The lowest BCUT2D eigenvalue weighted by atomic mass is 10.1. The highest BCUT2D eigenvalue weighted by Crippen LogP contribution is 2.15. The predicted octanol–water partition coefficient (Wildman–Crippen LogP) is 4.81. The van der Waals surface area contributed by atoms with Crippen molar-refractivity contribution in [2.24, 2.45) is 0 Å². The molecule has 2 nitrogen and oxygen atoms in total. The van der Waals surface area contributed by atoms with Crippen LogP contribution in [0.3, 0.4) is 0 Å². The Morgan fingerprint density at radius 3 is 2.88 bits per heavy atom. The second-order valence-electron chi connectivity index (χ2n) is 4.27. The molecule has 0 atom stereocenters. The molecule has 0 aliphatic heterocycles. The van der Waals surface area contributed by atoms with Gasteiger partial charge in [0.1, 0.15) is 5.52 Å². The molecule has 0 amide bonds. The molecule has 2 rings (SSSR count). The van der Waals surface area contributed by atoms with Crippen molar-refractivity contribution < 1.29 is 4.42 Å². The smallest absolute Gasteiger partial charge is 0.219 e. The fourth-order valence-corrected chi connectivity index (χ4v) is 1.83. The molecule has 1 aromatic carbocycles. The topological polar surface area (TPSA) is 26.0 Å². The van der Waals surface area contributed by atoms with Crippen LogP contribution in [0.2, 0.25) is 0 Å². The Morgan fingerprint density at radius 1 is 1.18 bits per heavy atom. The number of hydrogen-bond donors (Lipinski definition) is 0. The first-order valence-electron chi connectivity index (χ1n) is 6.42. The quantitative estimate of drug-likeness (QED) is 0.664. The van der Waals surface area contributed by atoms with Crippen molar-refractivity contribution in [2.45, 2.75) is 39.0 Å². The maximum atomic E-state index is 5.60. The van der Waals surface area contributed by atoms with Crippen molar-refractivity contribution >= 4 is 17.2 Å². The van der Waals surface area contributed by atoms with Crippen LogP contribution in [-0.4, -0.2) is 4.98 Å². The maximum Gasteiger partial charge on any atom is 0.219 e. The van der Waals surface area contributed by atoms with Gasteiger partial charge >= 0.3 is 0 Å². The summed E-state index contributed by atoms with van der Waals surface area (Å²) in [6, 6.07) is 7.85. The third kappa shape index (κ3) is 3.45. The van der Waals surface area contributed by atoms with E-state index in [-0.39, 0.29) is 0 Å². The molecule has 1 aromatic heterocycles. The molecule has 90 valence electrons. The molecule has 0 fully saturated rings. The third-order valence-corrected chi connectivity index (χ3v) is 2.80. The van der Waals surface area contributed by atoms with Gasteiger partial charge < -0.3 is 4.42 Å². The van der Waals surface area contributed by atoms with E-state index in [1.807, 2.05) is 30.3 Å². The van der Waals surface area contributed by atoms with Gasteiger partial charge in [-0.2, -0.15) is 0 Å². The number of benzene rings is 1. The number of nitrogens with zero attached hydrogens (tertiary/aromatic N) is 1. The number of allylic oxidation sites excluding steroid dienone is 1. The lowest BCUT2D eigenvalue weighted by Gasteiger charge is -1.93. The molecule has 0 saturated carbocycles. The summed E-state index contributed by atoms with van der Waals surface area (Å²) in [6.45, 7) is 2.23. The standard InChI is InChI=1S/C15H19NO/c1-2-3-4-5-6-7-12-15-16-13-10-8-9-11-14(13)17-15/h7-12H,2-6H2,1H3/b12-7+. The number of rotatable bonds is 6. The Bertz CT molecular complexity index is 451. The average Bonchev–Trinajstić information content (AvgIpc) is 2.76. The van der Waals surface area contributed by atoms with E-state index in [0.717, 1.165) is 17.5 Å². The van der Waals surface area contributed by atoms with Crippen LogP contribution >= 0.6 is 0 Å². The maximum absolute atomic E-state index is 5.60. The SMILES string of the molecule is CCCCCC/C=C/c1nc2ccccc2o1. The first-order valence-corrected chi connectivity index (χ1v) is 6.42. The second-order valence-corrected chi connectivity index (χ2v) is 4.27. The van der Waals surface area contributed by atoms with Crippen LogP contribution in [0.5, 0.6) is 0 Å². The van der Waals surface area contributed by atoms with Gasteiger partial charge in [0.2, 0.25) is 5.89 Å². The number of unbranched alkanes of at least 4 members (excludes halogenated alkanes) is 4. The highest BCUT2D eigenvalue weighted by atomic mass is 16.3. The molecule has 0 bridgehead atoms. The van der Waals surface area contributed by atoms with Gasteiger partial charge in [-0.25, -0.2) is 4.98 Å². The monoisotopic (exact) mass is 229 g/mol. The summed E-state index contributed by atoms with van der Waals surface area (Å²) in [5.41, 5.74) is 1.79. The van der Waals surface area contributed by atoms with Crippen molar-refractivity contribution in [1.82, 2.24) is 4.98 Å². The van der Waals surface area contributed by atoms with Crippen LogP contribution in [0, 0.1) is 0 Å². The molecular weight excluding hydrogens is 210 g/mol. The lowest BCUT2D eigenvalue weighted by molar-refractivity contribution is 0.588. The summed E-state index contributed by atoms with van der Waals surface area (Å²) in [4.78, 5) is 4.39. The summed E-state index contributed by atoms with van der Waals surface area (Å²) in [5.74, 6) is 0.710. The predicted molar refractivity (Wildman–Crippen MR) is 71.8 cm³/mol. The van der Waals surface area contributed by atoms with Gasteiger partial charge in [-0.3, -0.25) is 0 Å². The van der Waals surface area contributed by atoms with Crippen LogP contribution in [0.1, 0.15) is 44.9 Å². The molecule has 17 heavy (non-hydrogen) atoms. The van der Waals surface area contributed by atoms with E-state index >= 15 is 0 Å². The minimum absolute atomic E-state index is 0.710. The number of aromatic nitrogens is 1. The van der Waals surface area contributed by atoms with Crippen LogP contribution in [0.25, 0.3) is 17.2 Å². The Morgan fingerprint density at radius 2 is 2.06 bits per heavy atom. The minimum Gasteiger partial charge on any atom is -0.437 e. The average molecular weight is 229 g/mol. The number of para-hydroxylation sites is 2. The molecule has 1 heterocycles. The van der Waals surface area contributed by atoms with Crippen molar-refractivity contribution in [3.63, 3.8) is 0 Å². The number of fused-ring (bicyclic) bond motifs is 1. The summed E-state index contributed by atoms with van der Waals surface area (Å²) in [5, 5.41) is 0. The second kappa shape index (κ2) is 6.24. The van der Waals surface area contributed by atoms with Gasteiger partial charge in [0.25, 0.3) is 0 Å². The Hall–Kier alpha value is -1.57. The van der Waals surface area contributed by atoms with Crippen LogP contribution in [-0.2, 0) is 0 Å². The van der Waals surface area contributed by atoms with Crippen molar-refractivity contribution in [3.8, 4) is 0 Å². The molecule has 0 radical (unpaired) electrons. The van der Waals surface area contributed by atoms with Crippen LogP contribution < -0.4 is 0 Å². The zero-order valence-corrected chi connectivity index (χ0v) is 10.4. The lowest BCUT2D eigenvalue weighted by Crippen LogP contribution is -1.74. The van der Waals surface area contributed by atoms with E-state index in [1.165, 1.54) is 25.7 Å². The zero-order valence-electron chi connectivity index (χ0n) is 10.4. The van der Waals surface area contributed by atoms with E-state index in [4.69, 9.17) is 4.42 Å². The molecule has 0 N–H and O–H groups in total. The minimum atomic E-state index is 0.710. The van der Waals surface area contributed by atoms with Gasteiger partial charge in [-0.05, 0) is 31.1 Å². The van der Waals surface area contributed by atoms with Crippen molar-refractivity contribution in [2.75, 3.05) is 0 Å². The van der Waals surface area contributed by atoms with Crippen molar-refractivity contribution in [1.29, 1.82) is 0 Å². The number of oxazole rings is 1. The Labute approximate surface area is 102 Å². The van der Waals surface area contributed by atoms with Crippen LogP contribution in [0.15, 0.2) is 34.8 Å². The Balaban J connectivity index is 1.87. The first kappa shape index (κ1) is 11.9. The normalized spacial score (nSPS) is 11.6. The molecule has 0 aliphatic carbocycles. The van der Waals surface area contributed by atoms with E-state index in [0.29, 0.717) is 5.89 Å². The molecular formula is C15H19NO. The molecule has 0 saturated heterocycles. The van der Waals surface area contributed by atoms with E-state index in [9.17, 15) is 0 Å². The van der Waals surface area contributed by atoms with E-state index in [2.05, 4.69) is 18.0 Å². The van der Waals surface area contributed by atoms with E-state index in [1.54, 1.807) is 0 Å². The summed E-state index contributed by atoms with van der Waals surface area (Å²) in [7, 11) is 0. The number of hydrogen-bond acceptors (Lipinski definition) is 2. The molecule has 2 aromatic rings. The van der Waals surface area contributed by atoms with Gasteiger partial charge in [0.15, 0.2) is 5.58 Å². The largest absolute Gasteiger partial charge is 0.437 e. The zero-order chi connectivity index (χ0) is 11.9. The fraction of sp³-hybridized carbons (Fsp3) is 0.400. The van der Waals surface area contributed by atoms with Gasteiger partial charge in [-0.15, -0.1) is 0 Å². The molecule has 2 heteroatoms. The third-order valence-electron chi connectivity index (χ3n) is 2.80. The van der Waals surface area contributed by atoms with Gasteiger partial charge in [0.05, 0.1) is 0 Å². The Kier molecular flexibility index (Phi) is 4.37. The molecule has 0 unspecified atom stereocenters. The van der Waals surface area contributed by atoms with Crippen molar-refractivity contribution in [3.05, 3.63) is 36.2 Å². The summed E-state index contributed by atoms with van der Waals surface area (Å²) in [6.07, 6.45) is 10.4. The fourth-order valence-electron chi connectivity index (χ4n) is 1.83. The van der Waals surface area contributed by atoms with Gasteiger partial charge in [-0.1, -0.05) is 44.4 Å². The van der Waals surface area contributed by atoms with E-state index < -0.39 is 0 Å². The van der Waals surface area contributed by atoms with Gasteiger partial charge in [0, 0.05) is 0 Å².